The highest BCUT2D eigenvalue weighted by atomic mass is 15.1. The SMILES string of the molecule is Cc1c(-c2ccc(-c3nc(C(C)(C)C)nc(C(C)(C)C)n3)cn2)ccc2c1C(C)(C)CC2(C)C. The summed E-state index contributed by atoms with van der Waals surface area (Å²) in [6, 6.07) is 8.77. The van der Waals surface area contributed by atoms with E-state index in [-0.39, 0.29) is 21.7 Å². The maximum absolute atomic E-state index is 4.88. The Morgan fingerprint density at radius 2 is 1.32 bits per heavy atom. The monoisotopic (exact) mass is 456 g/mol. The van der Waals surface area contributed by atoms with E-state index >= 15 is 0 Å². The van der Waals surface area contributed by atoms with Crippen LogP contribution in [-0.2, 0) is 21.7 Å². The Balaban J connectivity index is 1.78. The van der Waals surface area contributed by atoms with Crippen LogP contribution in [0.15, 0.2) is 30.5 Å². The summed E-state index contributed by atoms with van der Waals surface area (Å²) in [6.45, 7) is 24.5. The van der Waals surface area contributed by atoms with E-state index in [1.165, 1.54) is 22.3 Å². The number of aromatic nitrogens is 4. The van der Waals surface area contributed by atoms with Crippen molar-refractivity contribution in [2.45, 2.75) is 104 Å². The molecule has 34 heavy (non-hydrogen) atoms. The van der Waals surface area contributed by atoms with Crippen LogP contribution in [0.1, 0.15) is 104 Å². The Hall–Kier alpha value is -2.62. The molecule has 3 aromatic rings. The van der Waals surface area contributed by atoms with Crippen LogP contribution in [0.25, 0.3) is 22.6 Å². The van der Waals surface area contributed by atoms with E-state index in [0.29, 0.717) is 5.82 Å². The molecule has 0 atom stereocenters. The van der Waals surface area contributed by atoms with Crippen molar-refractivity contribution in [1.29, 1.82) is 0 Å². The molecule has 4 rings (SSSR count). The average Bonchev–Trinajstić information content (AvgIpc) is 2.91. The molecule has 180 valence electrons. The van der Waals surface area contributed by atoms with Crippen molar-refractivity contribution in [2.24, 2.45) is 0 Å². The summed E-state index contributed by atoms with van der Waals surface area (Å²) in [4.78, 5) is 19.3. The summed E-state index contributed by atoms with van der Waals surface area (Å²) in [5, 5.41) is 0. The third kappa shape index (κ3) is 4.28. The summed E-state index contributed by atoms with van der Waals surface area (Å²) >= 11 is 0. The number of rotatable bonds is 2. The van der Waals surface area contributed by atoms with Crippen LogP contribution in [0.4, 0.5) is 0 Å². The smallest absolute Gasteiger partial charge is 0.164 e. The predicted molar refractivity (Wildman–Crippen MR) is 141 cm³/mol. The van der Waals surface area contributed by atoms with Crippen LogP contribution in [0.5, 0.6) is 0 Å². The van der Waals surface area contributed by atoms with Crippen molar-refractivity contribution < 1.29 is 0 Å². The van der Waals surface area contributed by atoms with Crippen molar-refractivity contribution in [3.8, 4) is 22.6 Å². The molecule has 0 spiro atoms. The molecule has 0 saturated carbocycles. The van der Waals surface area contributed by atoms with Crippen molar-refractivity contribution in [3.05, 3.63) is 58.8 Å². The molecule has 0 unspecified atom stereocenters. The number of benzene rings is 1. The van der Waals surface area contributed by atoms with Gasteiger partial charge >= 0.3 is 0 Å². The van der Waals surface area contributed by atoms with E-state index in [1.807, 2.05) is 6.20 Å². The molecule has 0 bridgehead atoms. The molecule has 2 heterocycles. The van der Waals surface area contributed by atoms with Crippen LogP contribution in [0.3, 0.4) is 0 Å². The topological polar surface area (TPSA) is 51.6 Å². The third-order valence-electron chi connectivity index (χ3n) is 7.03. The normalized spacial score (nSPS) is 17.0. The quantitative estimate of drug-likeness (QED) is 0.401. The third-order valence-corrected chi connectivity index (χ3v) is 7.03. The van der Waals surface area contributed by atoms with Crippen LogP contribution >= 0.6 is 0 Å². The maximum Gasteiger partial charge on any atom is 0.164 e. The van der Waals surface area contributed by atoms with E-state index < -0.39 is 0 Å². The van der Waals surface area contributed by atoms with Gasteiger partial charge in [-0.05, 0) is 53.0 Å². The zero-order valence-electron chi connectivity index (χ0n) is 22.9. The second kappa shape index (κ2) is 7.69. The van der Waals surface area contributed by atoms with Gasteiger partial charge in [-0.25, -0.2) is 15.0 Å². The van der Waals surface area contributed by atoms with Gasteiger partial charge in [-0.1, -0.05) is 81.4 Å². The standard InChI is InChI=1S/C30H40N4/c1-18-20(13-14-21-23(18)30(10,11)17-29(21,8)9)22-15-12-19(16-31-22)24-32-25(27(2,3)4)34-26(33-24)28(5,6)7/h12-16H,17H2,1-11H3. The van der Waals surface area contributed by atoms with Gasteiger partial charge in [0.1, 0.15) is 11.6 Å². The number of hydrogen-bond acceptors (Lipinski definition) is 4. The summed E-state index contributed by atoms with van der Waals surface area (Å²) in [5.74, 6) is 2.31. The minimum Gasteiger partial charge on any atom is -0.255 e. The molecule has 4 nitrogen and oxygen atoms in total. The lowest BCUT2D eigenvalue weighted by Gasteiger charge is -2.23. The number of hydrogen-bond donors (Lipinski definition) is 0. The second-order valence-corrected chi connectivity index (χ2v) is 13.3. The van der Waals surface area contributed by atoms with Crippen LogP contribution in [-0.4, -0.2) is 19.9 Å². The van der Waals surface area contributed by atoms with Crippen LogP contribution in [0, 0.1) is 6.92 Å². The molecule has 0 fully saturated rings. The molecule has 1 aliphatic carbocycles. The fraction of sp³-hybridized carbons (Fsp3) is 0.533. The van der Waals surface area contributed by atoms with Gasteiger partial charge in [0.15, 0.2) is 5.82 Å². The van der Waals surface area contributed by atoms with Gasteiger partial charge < -0.3 is 0 Å². The summed E-state index contributed by atoms with van der Waals surface area (Å²) in [6.07, 6.45) is 3.07. The molecule has 1 aliphatic rings. The van der Waals surface area contributed by atoms with Gasteiger partial charge in [-0.2, -0.15) is 0 Å². The van der Waals surface area contributed by atoms with Crippen molar-refractivity contribution in [2.75, 3.05) is 0 Å². The van der Waals surface area contributed by atoms with Gasteiger partial charge in [-0.3, -0.25) is 4.98 Å². The summed E-state index contributed by atoms with van der Waals surface area (Å²) in [5.41, 5.74) is 7.47. The van der Waals surface area contributed by atoms with Crippen LogP contribution < -0.4 is 0 Å². The number of nitrogens with zero attached hydrogens (tertiary/aromatic N) is 4. The molecular formula is C30H40N4. The molecule has 0 saturated heterocycles. The fourth-order valence-electron chi connectivity index (χ4n) is 5.58. The first-order valence-corrected chi connectivity index (χ1v) is 12.4. The van der Waals surface area contributed by atoms with Crippen molar-refractivity contribution in [1.82, 2.24) is 19.9 Å². The molecule has 4 heteroatoms. The Morgan fingerprint density at radius 3 is 1.82 bits per heavy atom. The molecular weight excluding hydrogens is 416 g/mol. The first kappa shape index (κ1) is 24.5. The molecule has 0 amide bonds. The summed E-state index contributed by atoms with van der Waals surface area (Å²) in [7, 11) is 0. The highest BCUT2D eigenvalue weighted by molar-refractivity contribution is 5.70. The molecule has 0 radical (unpaired) electrons. The first-order valence-electron chi connectivity index (χ1n) is 12.4. The highest BCUT2D eigenvalue weighted by Gasteiger charge is 2.43. The van der Waals surface area contributed by atoms with E-state index in [1.54, 1.807) is 0 Å². The minimum atomic E-state index is -0.160. The lowest BCUT2D eigenvalue weighted by atomic mass is 9.81. The Kier molecular flexibility index (Phi) is 5.54. The predicted octanol–water partition coefficient (Wildman–Crippen LogP) is 7.46. The van der Waals surface area contributed by atoms with E-state index in [0.717, 1.165) is 29.3 Å². The Morgan fingerprint density at radius 1 is 0.735 bits per heavy atom. The molecule has 2 aromatic heterocycles. The van der Waals surface area contributed by atoms with Gasteiger partial charge in [-0.15, -0.1) is 0 Å². The Labute approximate surface area is 205 Å². The van der Waals surface area contributed by atoms with E-state index in [9.17, 15) is 0 Å². The van der Waals surface area contributed by atoms with E-state index in [2.05, 4.69) is 100 Å². The zero-order chi connectivity index (χ0) is 25.3. The van der Waals surface area contributed by atoms with Gasteiger partial charge in [0, 0.05) is 28.2 Å². The average molecular weight is 457 g/mol. The largest absolute Gasteiger partial charge is 0.255 e. The van der Waals surface area contributed by atoms with Gasteiger partial charge in [0.25, 0.3) is 0 Å². The van der Waals surface area contributed by atoms with Crippen molar-refractivity contribution >= 4 is 0 Å². The zero-order valence-corrected chi connectivity index (χ0v) is 22.9. The number of pyridine rings is 1. The van der Waals surface area contributed by atoms with Crippen LogP contribution in [0.2, 0.25) is 0 Å². The molecule has 1 aromatic carbocycles. The number of fused-ring (bicyclic) bond motifs is 1. The second-order valence-electron chi connectivity index (χ2n) is 13.3. The Bertz CT molecular complexity index is 1200. The van der Waals surface area contributed by atoms with Gasteiger partial charge in [0.2, 0.25) is 0 Å². The molecule has 0 aliphatic heterocycles. The highest BCUT2D eigenvalue weighted by Crippen LogP contribution is 2.51. The van der Waals surface area contributed by atoms with Crippen molar-refractivity contribution in [3.63, 3.8) is 0 Å². The van der Waals surface area contributed by atoms with E-state index in [4.69, 9.17) is 19.9 Å². The minimum absolute atomic E-state index is 0.160. The first-order chi connectivity index (χ1) is 15.5. The fourth-order valence-corrected chi connectivity index (χ4v) is 5.58. The summed E-state index contributed by atoms with van der Waals surface area (Å²) < 4.78 is 0. The lowest BCUT2D eigenvalue weighted by molar-refractivity contribution is 0.402. The molecule has 0 N–H and O–H groups in total. The van der Waals surface area contributed by atoms with Gasteiger partial charge in [0.05, 0.1) is 5.69 Å². The lowest BCUT2D eigenvalue weighted by Crippen LogP contribution is -2.24. The maximum atomic E-state index is 4.88.